The van der Waals surface area contributed by atoms with Gasteiger partial charge in [0.2, 0.25) is 11.7 Å². The Labute approximate surface area is 176 Å². The Kier molecular flexibility index (Phi) is 5.84. The quantitative estimate of drug-likeness (QED) is 0.317. The van der Waals surface area contributed by atoms with E-state index in [1.165, 1.54) is 24.3 Å². The van der Waals surface area contributed by atoms with Crippen molar-refractivity contribution in [1.29, 1.82) is 0 Å². The van der Waals surface area contributed by atoms with Gasteiger partial charge in [-0.25, -0.2) is 4.39 Å². The van der Waals surface area contributed by atoms with Crippen molar-refractivity contribution in [3.05, 3.63) is 100 Å². The van der Waals surface area contributed by atoms with Gasteiger partial charge in [0.05, 0.1) is 11.5 Å². The predicted octanol–water partition coefficient (Wildman–Crippen LogP) is 4.98. The van der Waals surface area contributed by atoms with E-state index in [0.717, 1.165) is 11.3 Å². The standard InChI is InChI=1S/C22H17FN4O4/c23-17-9-7-15(8-10-17)14-30-20-6-2-4-18(12-20)24-13-21-25-22(26-31-21)16-3-1-5-19(11-16)27(28)29/h1-12,24H,13-14H2. The number of nitrogens with one attached hydrogen (secondary N) is 1. The lowest BCUT2D eigenvalue weighted by atomic mass is 10.2. The van der Waals surface area contributed by atoms with Crippen LogP contribution in [0.4, 0.5) is 15.8 Å². The highest BCUT2D eigenvalue weighted by Gasteiger charge is 2.12. The number of ether oxygens (including phenoxy) is 1. The Morgan fingerprint density at radius 1 is 1.06 bits per heavy atom. The molecule has 3 aromatic carbocycles. The fourth-order valence-electron chi connectivity index (χ4n) is 2.82. The molecule has 0 fully saturated rings. The summed E-state index contributed by atoms with van der Waals surface area (Å²) in [7, 11) is 0. The first-order valence-electron chi connectivity index (χ1n) is 9.35. The summed E-state index contributed by atoms with van der Waals surface area (Å²) in [5, 5.41) is 18.0. The molecule has 0 aliphatic heterocycles. The number of halogens is 1. The zero-order valence-electron chi connectivity index (χ0n) is 16.2. The minimum Gasteiger partial charge on any atom is -0.489 e. The van der Waals surface area contributed by atoms with Crippen LogP contribution < -0.4 is 10.1 Å². The Morgan fingerprint density at radius 3 is 2.68 bits per heavy atom. The molecule has 0 atom stereocenters. The first-order chi connectivity index (χ1) is 15.1. The largest absolute Gasteiger partial charge is 0.489 e. The molecule has 156 valence electrons. The van der Waals surface area contributed by atoms with Gasteiger partial charge in [0.25, 0.3) is 5.69 Å². The van der Waals surface area contributed by atoms with Crippen molar-refractivity contribution in [3.63, 3.8) is 0 Å². The van der Waals surface area contributed by atoms with Gasteiger partial charge < -0.3 is 14.6 Å². The molecule has 0 spiro atoms. The van der Waals surface area contributed by atoms with E-state index in [-0.39, 0.29) is 23.9 Å². The summed E-state index contributed by atoms with van der Waals surface area (Å²) in [5.41, 5.74) is 2.10. The Balaban J connectivity index is 1.36. The molecule has 0 bridgehead atoms. The fraction of sp³-hybridized carbons (Fsp3) is 0.0909. The summed E-state index contributed by atoms with van der Waals surface area (Å²) in [6, 6.07) is 19.5. The zero-order chi connectivity index (χ0) is 21.6. The fourth-order valence-corrected chi connectivity index (χ4v) is 2.82. The topological polar surface area (TPSA) is 103 Å². The van der Waals surface area contributed by atoms with Crippen molar-refractivity contribution in [2.75, 3.05) is 5.32 Å². The maximum atomic E-state index is 13.0. The third-order valence-corrected chi connectivity index (χ3v) is 4.38. The van der Waals surface area contributed by atoms with Crippen LogP contribution in [-0.2, 0) is 13.2 Å². The van der Waals surface area contributed by atoms with Gasteiger partial charge in [0.1, 0.15) is 18.2 Å². The summed E-state index contributed by atoms with van der Waals surface area (Å²) < 4.78 is 24.0. The van der Waals surface area contributed by atoms with Crippen molar-refractivity contribution in [2.24, 2.45) is 0 Å². The molecule has 0 aliphatic rings. The number of benzene rings is 3. The van der Waals surface area contributed by atoms with Gasteiger partial charge in [-0.2, -0.15) is 4.98 Å². The van der Waals surface area contributed by atoms with E-state index >= 15 is 0 Å². The van der Waals surface area contributed by atoms with E-state index in [4.69, 9.17) is 9.26 Å². The van der Waals surface area contributed by atoms with Crippen molar-refractivity contribution >= 4 is 11.4 Å². The molecule has 0 unspecified atom stereocenters. The molecule has 8 nitrogen and oxygen atoms in total. The molecule has 0 aliphatic carbocycles. The van der Waals surface area contributed by atoms with Crippen molar-refractivity contribution in [3.8, 4) is 17.1 Å². The van der Waals surface area contributed by atoms with Crippen LogP contribution in [0.2, 0.25) is 0 Å². The molecule has 1 aromatic heterocycles. The van der Waals surface area contributed by atoms with Gasteiger partial charge in [-0.15, -0.1) is 0 Å². The SMILES string of the molecule is O=[N+]([O-])c1cccc(-c2noc(CNc3cccc(OCc4ccc(F)cc4)c3)n2)c1. The number of nitro groups is 1. The van der Waals surface area contributed by atoms with Crippen LogP contribution in [-0.4, -0.2) is 15.1 Å². The predicted molar refractivity (Wildman–Crippen MR) is 111 cm³/mol. The lowest BCUT2D eigenvalue weighted by Crippen LogP contribution is -2.01. The molecule has 4 aromatic rings. The highest BCUT2D eigenvalue weighted by Crippen LogP contribution is 2.22. The summed E-state index contributed by atoms with van der Waals surface area (Å²) in [6.45, 7) is 0.587. The van der Waals surface area contributed by atoms with E-state index in [2.05, 4.69) is 15.5 Å². The van der Waals surface area contributed by atoms with Gasteiger partial charge in [-0.3, -0.25) is 10.1 Å². The number of aromatic nitrogens is 2. The molecule has 0 saturated carbocycles. The molecule has 1 heterocycles. The summed E-state index contributed by atoms with van der Waals surface area (Å²) >= 11 is 0. The monoisotopic (exact) mass is 420 g/mol. The lowest BCUT2D eigenvalue weighted by Gasteiger charge is -2.09. The molecule has 4 rings (SSSR count). The van der Waals surface area contributed by atoms with E-state index in [1.807, 2.05) is 24.3 Å². The molecular weight excluding hydrogens is 403 g/mol. The van der Waals surface area contributed by atoms with Crippen LogP contribution in [0, 0.1) is 15.9 Å². The molecule has 9 heteroatoms. The molecule has 0 saturated heterocycles. The van der Waals surface area contributed by atoms with Crippen molar-refractivity contribution in [1.82, 2.24) is 10.1 Å². The van der Waals surface area contributed by atoms with Crippen LogP contribution in [0.5, 0.6) is 5.75 Å². The number of rotatable bonds is 8. The van der Waals surface area contributed by atoms with Gasteiger partial charge in [0, 0.05) is 29.4 Å². The minimum atomic E-state index is -0.475. The zero-order valence-corrected chi connectivity index (χ0v) is 16.2. The van der Waals surface area contributed by atoms with Crippen LogP contribution >= 0.6 is 0 Å². The van der Waals surface area contributed by atoms with Crippen molar-refractivity contribution < 1.29 is 18.6 Å². The third kappa shape index (κ3) is 5.21. The normalized spacial score (nSPS) is 10.6. The van der Waals surface area contributed by atoms with Crippen LogP contribution in [0.1, 0.15) is 11.5 Å². The lowest BCUT2D eigenvalue weighted by molar-refractivity contribution is -0.384. The number of hydrogen-bond acceptors (Lipinski definition) is 7. The van der Waals surface area contributed by atoms with E-state index < -0.39 is 4.92 Å². The number of non-ortho nitro benzene ring substituents is 1. The van der Waals surface area contributed by atoms with Gasteiger partial charge in [-0.1, -0.05) is 35.5 Å². The average Bonchev–Trinajstić information content (AvgIpc) is 3.27. The highest BCUT2D eigenvalue weighted by atomic mass is 19.1. The number of nitrogens with zero attached hydrogens (tertiary/aromatic N) is 3. The molecule has 0 radical (unpaired) electrons. The minimum absolute atomic E-state index is 0.0422. The van der Waals surface area contributed by atoms with Crippen LogP contribution in [0.25, 0.3) is 11.4 Å². The first kappa shape index (κ1) is 20.0. The second-order valence-electron chi connectivity index (χ2n) is 6.62. The number of nitro benzene ring substituents is 1. The Bertz CT molecular complexity index is 1190. The molecular formula is C22H17FN4O4. The van der Waals surface area contributed by atoms with Crippen LogP contribution in [0.15, 0.2) is 77.3 Å². The summed E-state index contributed by atoms with van der Waals surface area (Å²) in [5.74, 6) is 0.970. The van der Waals surface area contributed by atoms with E-state index in [1.54, 1.807) is 24.3 Å². The van der Waals surface area contributed by atoms with Crippen molar-refractivity contribution in [2.45, 2.75) is 13.2 Å². The molecule has 31 heavy (non-hydrogen) atoms. The van der Waals surface area contributed by atoms with Gasteiger partial charge in [0.15, 0.2) is 0 Å². The molecule has 1 N–H and O–H groups in total. The Hall–Kier alpha value is -4.27. The third-order valence-electron chi connectivity index (χ3n) is 4.38. The number of hydrogen-bond donors (Lipinski definition) is 1. The Morgan fingerprint density at radius 2 is 1.87 bits per heavy atom. The van der Waals surface area contributed by atoms with Gasteiger partial charge in [-0.05, 0) is 29.8 Å². The second-order valence-corrected chi connectivity index (χ2v) is 6.62. The maximum Gasteiger partial charge on any atom is 0.270 e. The average molecular weight is 420 g/mol. The smallest absolute Gasteiger partial charge is 0.270 e. The number of anilines is 1. The van der Waals surface area contributed by atoms with E-state index in [0.29, 0.717) is 23.8 Å². The maximum absolute atomic E-state index is 13.0. The van der Waals surface area contributed by atoms with E-state index in [9.17, 15) is 14.5 Å². The first-order valence-corrected chi connectivity index (χ1v) is 9.35. The van der Waals surface area contributed by atoms with Crippen LogP contribution in [0.3, 0.4) is 0 Å². The highest BCUT2D eigenvalue weighted by molar-refractivity contribution is 5.58. The summed E-state index contributed by atoms with van der Waals surface area (Å²) in [6.07, 6.45) is 0. The molecule has 0 amide bonds. The second kappa shape index (κ2) is 9.04. The van der Waals surface area contributed by atoms with Gasteiger partial charge >= 0.3 is 0 Å². The summed E-state index contributed by atoms with van der Waals surface area (Å²) in [4.78, 5) is 14.7.